The van der Waals surface area contributed by atoms with E-state index in [9.17, 15) is 4.79 Å². The Kier molecular flexibility index (Phi) is 6.52. The molecule has 17 heavy (non-hydrogen) atoms. The Balaban J connectivity index is 2.17. The number of carbonyl (C=O) groups excluding carboxylic acids is 1. The summed E-state index contributed by atoms with van der Waals surface area (Å²) in [6, 6.07) is 0.594. The van der Waals surface area contributed by atoms with E-state index in [0.717, 1.165) is 52.0 Å². The van der Waals surface area contributed by atoms with Crippen molar-refractivity contribution in [3.63, 3.8) is 0 Å². The fraction of sp³-hybridized carbons (Fsp3) is 0.923. The van der Waals surface area contributed by atoms with Crippen LogP contribution in [0.25, 0.3) is 0 Å². The molecule has 1 fully saturated rings. The molecule has 0 atom stereocenters. The van der Waals surface area contributed by atoms with Crippen LogP contribution in [0, 0.1) is 0 Å². The third kappa shape index (κ3) is 5.04. The molecular weight excluding hydrogens is 214 g/mol. The van der Waals surface area contributed by atoms with Gasteiger partial charge in [-0.15, -0.1) is 0 Å². The maximum absolute atomic E-state index is 11.9. The van der Waals surface area contributed by atoms with Gasteiger partial charge in [0.15, 0.2) is 0 Å². The Bertz CT molecular complexity index is 223. The summed E-state index contributed by atoms with van der Waals surface area (Å²) in [4.78, 5) is 16.4. The first kappa shape index (κ1) is 14.5. The largest absolute Gasteiger partial charge is 0.340 e. The lowest BCUT2D eigenvalue weighted by atomic mass is 10.1. The summed E-state index contributed by atoms with van der Waals surface area (Å²) < 4.78 is 0. The summed E-state index contributed by atoms with van der Waals surface area (Å²) in [5, 5.41) is 0. The smallest absolute Gasteiger partial charge is 0.222 e. The summed E-state index contributed by atoms with van der Waals surface area (Å²) in [5.74, 6) is 0.324. The molecule has 0 aromatic rings. The first-order chi connectivity index (χ1) is 8.15. The fourth-order valence-corrected chi connectivity index (χ4v) is 2.24. The van der Waals surface area contributed by atoms with Crippen LogP contribution in [0.1, 0.15) is 39.5 Å². The number of hydrogen-bond acceptors (Lipinski definition) is 3. The molecule has 1 aliphatic rings. The van der Waals surface area contributed by atoms with Crippen LogP contribution in [-0.2, 0) is 4.79 Å². The minimum Gasteiger partial charge on any atom is -0.340 e. The molecule has 1 amide bonds. The van der Waals surface area contributed by atoms with Gasteiger partial charge in [0, 0.05) is 38.6 Å². The third-order valence-corrected chi connectivity index (χ3v) is 3.49. The van der Waals surface area contributed by atoms with Crippen LogP contribution in [0.5, 0.6) is 0 Å². The first-order valence-electron chi connectivity index (χ1n) is 6.87. The zero-order valence-corrected chi connectivity index (χ0v) is 11.3. The van der Waals surface area contributed by atoms with Crippen molar-refractivity contribution in [3.8, 4) is 0 Å². The quantitative estimate of drug-likeness (QED) is 0.707. The molecule has 0 aromatic carbocycles. The predicted octanol–water partition coefficient (Wildman–Crippen LogP) is 1.06. The Morgan fingerprint density at radius 1 is 1.12 bits per heavy atom. The van der Waals surface area contributed by atoms with Gasteiger partial charge in [-0.3, -0.25) is 9.69 Å². The maximum Gasteiger partial charge on any atom is 0.222 e. The standard InChI is InChI=1S/C13H27N3O/c1-12(2)15-8-10-16(11-9-15)13(17)6-4-3-5-7-14/h12H,3-11,14H2,1-2H3. The third-order valence-electron chi connectivity index (χ3n) is 3.49. The molecule has 4 heteroatoms. The van der Waals surface area contributed by atoms with Gasteiger partial charge in [0.05, 0.1) is 0 Å². The highest BCUT2D eigenvalue weighted by molar-refractivity contribution is 5.76. The highest BCUT2D eigenvalue weighted by Crippen LogP contribution is 2.09. The lowest BCUT2D eigenvalue weighted by Gasteiger charge is -2.37. The summed E-state index contributed by atoms with van der Waals surface area (Å²) in [7, 11) is 0. The van der Waals surface area contributed by atoms with Crippen LogP contribution in [0.15, 0.2) is 0 Å². The van der Waals surface area contributed by atoms with Crippen molar-refractivity contribution in [3.05, 3.63) is 0 Å². The molecule has 1 heterocycles. The number of nitrogens with two attached hydrogens (primary N) is 1. The second-order valence-electron chi connectivity index (χ2n) is 5.11. The zero-order valence-electron chi connectivity index (χ0n) is 11.3. The van der Waals surface area contributed by atoms with E-state index in [1.807, 2.05) is 4.90 Å². The summed E-state index contributed by atoms with van der Waals surface area (Å²) in [5.41, 5.74) is 5.43. The molecule has 0 unspecified atom stereocenters. The summed E-state index contributed by atoms with van der Waals surface area (Å²) in [6.45, 7) is 9.00. The molecule has 0 aromatic heterocycles. The number of nitrogens with zero attached hydrogens (tertiary/aromatic N) is 2. The van der Waals surface area contributed by atoms with Crippen LogP contribution in [0.3, 0.4) is 0 Å². The molecule has 4 nitrogen and oxygen atoms in total. The molecule has 1 rings (SSSR count). The minimum atomic E-state index is 0.324. The van der Waals surface area contributed by atoms with Crippen molar-refractivity contribution in [1.82, 2.24) is 9.80 Å². The van der Waals surface area contributed by atoms with Gasteiger partial charge in [-0.05, 0) is 33.2 Å². The van der Waals surface area contributed by atoms with Crippen LogP contribution >= 0.6 is 0 Å². The number of hydrogen-bond donors (Lipinski definition) is 1. The van der Waals surface area contributed by atoms with Gasteiger partial charge in [-0.1, -0.05) is 6.42 Å². The molecule has 100 valence electrons. The lowest BCUT2D eigenvalue weighted by Crippen LogP contribution is -2.50. The topological polar surface area (TPSA) is 49.6 Å². The van der Waals surface area contributed by atoms with E-state index in [-0.39, 0.29) is 0 Å². The summed E-state index contributed by atoms with van der Waals surface area (Å²) >= 11 is 0. The van der Waals surface area contributed by atoms with Crippen molar-refractivity contribution in [2.75, 3.05) is 32.7 Å². The van der Waals surface area contributed by atoms with Crippen molar-refractivity contribution in [2.24, 2.45) is 5.73 Å². The molecule has 0 aliphatic carbocycles. The van der Waals surface area contributed by atoms with Gasteiger partial charge in [-0.25, -0.2) is 0 Å². The maximum atomic E-state index is 11.9. The highest BCUT2D eigenvalue weighted by atomic mass is 16.2. The van der Waals surface area contributed by atoms with Crippen LogP contribution in [0.4, 0.5) is 0 Å². The normalized spacial score (nSPS) is 17.8. The van der Waals surface area contributed by atoms with Crippen molar-refractivity contribution in [1.29, 1.82) is 0 Å². The van der Waals surface area contributed by atoms with Gasteiger partial charge >= 0.3 is 0 Å². The zero-order chi connectivity index (χ0) is 12.7. The van der Waals surface area contributed by atoms with Crippen LogP contribution < -0.4 is 5.73 Å². The molecular formula is C13H27N3O. The van der Waals surface area contributed by atoms with E-state index in [1.165, 1.54) is 0 Å². The van der Waals surface area contributed by atoms with E-state index in [0.29, 0.717) is 18.4 Å². The highest BCUT2D eigenvalue weighted by Gasteiger charge is 2.21. The Hall–Kier alpha value is -0.610. The van der Waals surface area contributed by atoms with Crippen molar-refractivity contribution in [2.45, 2.75) is 45.6 Å². The fourth-order valence-electron chi connectivity index (χ4n) is 2.24. The molecule has 2 N–H and O–H groups in total. The average molecular weight is 241 g/mol. The monoisotopic (exact) mass is 241 g/mol. The number of rotatable bonds is 6. The molecule has 0 bridgehead atoms. The lowest BCUT2D eigenvalue weighted by molar-refractivity contribution is -0.133. The van der Waals surface area contributed by atoms with Gasteiger partial charge in [0.2, 0.25) is 5.91 Å². The molecule has 0 radical (unpaired) electrons. The second kappa shape index (κ2) is 7.67. The Labute approximate surface area is 105 Å². The van der Waals surface area contributed by atoms with Gasteiger partial charge in [0.1, 0.15) is 0 Å². The second-order valence-corrected chi connectivity index (χ2v) is 5.11. The Morgan fingerprint density at radius 2 is 1.76 bits per heavy atom. The van der Waals surface area contributed by atoms with Crippen LogP contribution in [-0.4, -0.2) is 54.5 Å². The van der Waals surface area contributed by atoms with E-state index < -0.39 is 0 Å². The van der Waals surface area contributed by atoms with Gasteiger partial charge in [0.25, 0.3) is 0 Å². The van der Waals surface area contributed by atoms with E-state index in [4.69, 9.17) is 5.73 Å². The number of unbranched alkanes of at least 4 members (excludes halogenated alkanes) is 2. The SMILES string of the molecule is CC(C)N1CCN(C(=O)CCCCCN)CC1. The molecule has 0 spiro atoms. The first-order valence-corrected chi connectivity index (χ1v) is 6.87. The molecule has 0 saturated carbocycles. The van der Waals surface area contributed by atoms with E-state index >= 15 is 0 Å². The predicted molar refractivity (Wildman–Crippen MR) is 70.8 cm³/mol. The Morgan fingerprint density at radius 3 is 2.29 bits per heavy atom. The minimum absolute atomic E-state index is 0.324. The molecule has 1 saturated heterocycles. The summed E-state index contributed by atoms with van der Waals surface area (Å²) in [6.07, 6.45) is 3.80. The van der Waals surface area contributed by atoms with Crippen molar-refractivity contribution < 1.29 is 4.79 Å². The van der Waals surface area contributed by atoms with Gasteiger partial charge in [-0.2, -0.15) is 0 Å². The van der Waals surface area contributed by atoms with Crippen molar-refractivity contribution >= 4 is 5.91 Å². The van der Waals surface area contributed by atoms with Crippen LogP contribution in [0.2, 0.25) is 0 Å². The average Bonchev–Trinajstić information content (AvgIpc) is 2.34. The number of amides is 1. The molecule has 1 aliphatic heterocycles. The number of piperazine rings is 1. The number of carbonyl (C=O) groups is 1. The van der Waals surface area contributed by atoms with E-state index in [1.54, 1.807) is 0 Å². The van der Waals surface area contributed by atoms with E-state index in [2.05, 4.69) is 18.7 Å². The van der Waals surface area contributed by atoms with Gasteiger partial charge < -0.3 is 10.6 Å².